The molecule has 0 atom stereocenters. The van der Waals surface area contributed by atoms with Crippen molar-refractivity contribution in [1.29, 1.82) is 0 Å². The Labute approximate surface area is 131 Å². The molecule has 0 radical (unpaired) electrons. The maximum atomic E-state index is 13.1. The van der Waals surface area contributed by atoms with Crippen molar-refractivity contribution < 1.29 is 19.0 Å². The molecule has 0 aliphatic rings. The van der Waals surface area contributed by atoms with Crippen LogP contribution in [0.1, 0.15) is 15.9 Å². The number of halogens is 3. The van der Waals surface area contributed by atoms with Gasteiger partial charge in [0.1, 0.15) is 18.2 Å². The highest BCUT2D eigenvalue weighted by Gasteiger charge is 2.09. The van der Waals surface area contributed by atoms with Gasteiger partial charge < -0.3 is 9.84 Å². The van der Waals surface area contributed by atoms with E-state index < -0.39 is 5.97 Å². The standard InChI is InChI=1S/C14H9Br2FO3/c15-10-3-2-9(14(18)19)6-13(10)20-7-8-1-4-12(17)11(16)5-8/h1-6H,7H2,(H,18,19). The molecule has 0 aliphatic carbocycles. The fraction of sp³-hybridized carbons (Fsp3) is 0.0714. The van der Waals surface area contributed by atoms with Crippen LogP contribution < -0.4 is 4.74 Å². The van der Waals surface area contributed by atoms with E-state index in [-0.39, 0.29) is 18.0 Å². The van der Waals surface area contributed by atoms with Crippen LogP contribution in [0.25, 0.3) is 0 Å². The molecule has 0 aromatic heterocycles. The van der Waals surface area contributed by atoms with Gasteiger partial charge in [0.2, 0.25) is 0 Å². The van der Waals surface area contributed by atoms with Crippen LogP contribution in [0.4, 0.5) is 4.39 Å². The number of hydrogen-bond donors (Lipinski definition) is 1. The fourth-order valence-electron chi connectivity index (χ4n) is 1.54. The summed E-state index contributed by atoms with van der Waals surface area (Å²) < 4.78 is 19.7. The largest absolute Gasteiger partial charge is 0.488 e. The Morgan fingerprint density at radius 3 is 2.55 bits per heavy atom. The van der Waals surface area contributed by atoms with Gasteiger partial charge in [0.15, 0.2) is 0 Å². The number of carboxylic acid groups (broad SMARTS) is 1. The molecule has 0 amide bonds. The van der Waals surface area contributed by atoms with E-state index in [2.05, 4.69) is 31.9 Å². The van der Waals surface area contributed by atoms with Crippen molar-refractivity contribution in [3.8, 4) is 5.75 Å². The zero-order valence-electron chi connectivity index (χ0n) is 10.1. The second-order valence-electron chi connectivity index (χ2n) is 3.99. The Balaban J connectivity index is 2.15. The lowest BCUT2D eigenvalue weighted by Crippen LogP contribution is -2.00. The lowest BCUT2D eigenvalue weighted by Gasteiger charge is -2.09. The smallest absolute Gasteiger partial charge is 0.335 e. The first-order chi connectivity index (χ1) is 9.47. The first-order valence-electron chi connectivity index (χ1n) is 5.57. The molecule has 2 rings (SSSR count). The first-order valence-corrected chi connectivity index (χ1v) is 7.15. The molecular weight excluding hydrogens is 395 g/mol. The van der Waals surface area contributed by atoms with Crippen LogP contribution in [-0.2, 0) is 6.61 Å². The van der Waals surface area contributed by atoms with Gasteiger partial charge in [-0.05, 0) is 67.8 Å². The predicted molar refractivity (Wildman–Crippen MR) is 79.5 cm³/mol. The Hall–Kier alpha value is -1.40. The summed E-state index contributed by atoms with van der Waals surface area (Å²) in [5.41, 5.74) is 0.911. The van der Waals surface area contributed by atoms with E-state index in [1.807, 2.05) is 0 Å². The third kappa shape index (κ3) is 3.58. The normalized spacial score (nSPS) is 10.3. The zero-order valence-corrected chi connectivity index (χ0v) is 13.2. The molecule has 0 heterocycles. The number of rotatable bonds is 4. The van der Waals surface area contributed by atoms with Gasteiger partial charge >= 0.3 is 5.97 Å². The molecule has 0 bridgehead atoms. The number of carbonyl (C=O) groups is 1. The zero-order chi connectivity index (χ0) is 14.7. The van der Waals surface area contributed by atoms with Crippen molar-refractivity contribution in [3.63, 3.8) is 0 Å². The van der Waals surface area contributed by atoms with Gasteiger partial charge in [0.05, 0.1) is 14.5 Å². The SMILES string of the molecule is O=C(O)c1ccc(Br)c(OCc2ccc(F)c(Br)c2)c1. The maximum absolute atomic E-state index is 13.1. The molecule has 0 aliphatic heterocycles. The Bertz CT molecular complexity index is 659. The van der Waals surface area contributed by atoms with Crippen molar-refractivity contribution in [2.75, 3.05) is 0 Å². The molecule has 2 aromatic carbocycles. The highest BCUT2D eigenvalue weighted by atomic mass is 79.9. The van der Waals surface area contributed by atoms with Crippen LogP contribution in [0.5, 0.6) is 5.75 Å². The molecule has 0 fully saturated rings. The molecule has 0 saturated heterocycles. The molecule has 0 spiro atoms. The molecule has 0 unspecified atom stereocenters. The summed E-state index contributed by atoms with van der Waals surface area (Å²) in [6.45, 7) is 0.209. The monoisotopic (exact) mass is 402 g/mol. The number of aromatic carboxylic acids is 1. The molecule has 1 N–H and O–H groups in total. The van der Waals surface area contributed by atoms with Gasteiger partial charge in [-0.15, -0.1) is 0 Å². The first kappa shape index (κ1) is 15.0. The van der Waals surface area contributed by atoms with Crippen molar-refractivity contribution >= 4 is 37.8 Å². The summed E-state index contributed by atoms with van der Waals surface area (Å²) in [6, 6.07) is 9.09. The van der Waals surface area contributed by atoms with E-state index in [9.17, 15) is 9.18 Å². The minimum atomic E-state index is -1.02. The second-order valence-corrected chi connectivity index (χ2v) is 5.70. The topological polar surface area (TPSA) is 46.5 Å². The average Bonchev–Trinajstić information content (AvgIpc) is 2.41. The Morgan fingerprint density at radius 2 is 1.90 bits per heavy atom. The van der Waals surface area contributed by atoms with Gasteiger partial charge in [-0.2, -0.15) is 0 Å². The summed E-state index contributed by atoms with van der Waals surface area (Å²) >= 11 is 6.39. The summed E-state index contributed by atoms with van der Waals surface area (Å²) in [4.78, 5) is 10.9. The van der Waals surface area contributed by atoms with Gasteiger partial charge in [-0.1, -0.05) is 6.07 Å². The van der Waals surface area contributed by atoms with Gasteiger partial charge in [-0.25, -0.2) is 9.18 Å². The van der Waals surface area contributed by atoms with Gasteiger partial charge in [0.25, 0.3) is 0 Å². The molecule has 0 saturated carbocycles. The van der Waals surface area contributed by atoms with Crippen LogP contribution in [0, 0.1) is 5.82 Å². The van der Waals surface area contributed by atoms with E-state index in [4.69, 9.17) is 9.84 Å². The van der Waals surface area contributed by atoms with Crippen LogP contribution in [0.3, 0.4) is 0 Å². The molecule has 104 valence electrons. The average molecular weight is 404 g/mol. The van der Waals surface area contributed by atoms with Crippen molar-refractivity contribution in [1.82, 2.24) is 0 Å². The molecular formula is C14H9Br2FO3. The Morgan fingerprint density at radius 1 is 1.15 bits per heavy atom. The summed E-state index contributed by atoms with van der Waals surface area (Å²) in [5.74, 6) is -0.944. The summed E-state index contributed by atoms with van der Waals surface area (Å²) in [5, 5.41) is 8.93. The number of ether oxygens (including phenoxy) is 1. The van der Waals surface area contributed by atoms with Gasteiger partial charge in [0, 0.05) is 0 Å². The van der Waals surface area contributed by atoms with Crippen LogP contribution in [-0.4, -0.2) is 11.1 Å². The minimum absolute atomic E-state index is 0.142. The predicted octanol–water partition coefficient (Wildman–Crippen LogP) is 4.63. The number of benzene rings is 2. The van der Waals surface area contributed by atoms with Crippen molar-refractivity contribution in [3.05, 3.63) is 62.3 Å². The third-order valence-corrected chi connectivity index (χ3v) is 3.82. The fourth-order valence-corrected chi connectivity index (χ4v) is 2.32. The lowest BCUT2D eigenvalue weighted by molar-refractivity contribution is 0.0696. The highest BCUT2D eigenvalue weighted by Crippen LogP contribution is 2.27. The third-order valence-electron chi connectivity index (χ3n) is 2.56. The van der Waals surface area contributed by atoms with Crippen LogP contribution in [0.15, 0.2) is 45.3 Å². The van der Waals surface area contributed by atoms with E-state index >= 15 is 0 Å². The molecule has 20 heavy (non-hydrogen) atoms. The van der Waals surface area contributed by atoms with Crippen LogP contribution >= 0.6 is 31.9 Å². The second kappa shape index (κ2) is 6.37. The summed E-state index contributed by atoms with van der Waals surface area (Å²) in [7, 11) is 0. The molecule has 6 heteroatoms. The number of carboxylic acids is 1. The number of hydrogen-bond acceptors (Lipinski definition) is 2. The Kier molecular flexibility index (Phi) is 4.77. The van der Waals surface area contributed by atoms with E-state index in [0.717, 1.165) is 5.56 Å². The quantitative estimate of drug-likeness (QED) is 0.809. The van der Waals surface area contributed by atoms with Crippen LogP contribution in [0.2, 0.25) is 0 Å². The maximum Gasteiger partial charge on any atom is 0.335 e. The van der Waals surface area contributed by atoms with Crippen molar-refractivity contribution in [2.24, 2.45) is 0 Å². The molecule has 2 aromatic rings. The highest BCUT2D eigenvalue weighted by molar-refractivity contribution is 9.10. The lowest BCUT2D eigenvalue weighted by atomic mass is 10.2. The van der Waals surface area contributed by atoms with E-state index in [0.29, 0.717) is 14.7 Å². The van der Waals surface area contributed by atoms with Crippen molar-refractivity contribution in [2.45, 2.75) is 6.61 Å². The summed E-state index contributed by atoms with van der Waals surface area (Å²) in [6.07, 6.45) is 0. The minimum Gasteiger partial charge on any atom is -0.488 e. The van der Waals surface area contributed by atoms with E-state index in [1.54, 1.807) is 18.2 Å². The molecule has 3 nitrogen and oxygen atoms in total. The van der Waals surface area contributed by atoms with Gasteiger partial charge in [-0.3, -0.25) is 0 Å². The van der Waals surface area contributed by atoms with E-state index in [1.165, 1.54) is 18.2 Å².